The van der Waals surface area contributed by atoms with E-state index in [1.165, 1.54) is 5.56 Å². The number of H-pyrrole nitrogens is 1. The molecule has 114 valence electrons. The summed E-state index contributed by atoms with van der Waals surface area (Å²) in [7, 11) is 0. The molecule has 4 nitrogen and oxygen atoms in total. The first-order valence-electron chi connectivity index (χ1n) is 7.34. The van der Waals surface area contributed by atoms with Crippen LogP contribution in [0.3, 0.4) is 0 Å². The minimum atomic E-state index is 0. The number of rotatable bonds is 2. The van der Waals surface area contributed by atoms with Gasteiger partial charge in [-0.15, -0.1) is 12.4 Å². The first-order valence-corrected chi connectivity index (χ1v) is 7.34. The summed E-state index contributed by atoms with van der Waals surface area (Å²) in [6, 6.07) is 10.4. The molecular formula is C17H18ClN3O. The molecule has 1 aromatic carbocycles. The maximum absolute atomic E-state index is 12.2. The summed E-state index contributed by atoms with van der Waals surface area (Å²) in [5, 5.41) is 4.50. The lowest BCUT2D eigenvalue weighted by atomic mass is 10.0. The average Bonchev–Trinajstić information content (AvgIpc) is 3.00. The van der Waals surface area contributed by atoms with Gasteiger partial charge in [0.05, 0.1) is 11.2 Å². The predicted molar refractivity (Wildman–Crippen MR) is 92.2 cm³/mol. The highest BCUT2D eigenvalue weighted by Gasteiger charge is 2.15. The van der Waals surface area contributed by atoms with Crippen LogP contribution in [0.2, 0.25) is 0 Å². The Hall–Kier alpha value is -2.20. The fourth-order valence-electron chi connectivity index (χ4n) is 3.09. The molecule has 0 bridgehead atoms. The van der Waals surface area contributed by atoms with E-state index in [0.29, 0.717) is 0 Å². The van der Waals surface area contributed by atoms with Gasteiger partial charge in [-0.05, 0) is 36.6 Å². The van der Waals surface area contributed by atoms with Crippen molar-refractivity contribution < 1.29 is 0 Å². The molecule has 0 fully saturated rings. The number of fused-ring (bicyclic) bond motifs is 3. The fourth-order valence-corrected chi connectivity index (χ4v) is 3.09. The molecule has 0 unspecified atom stereocenters. The molecule has 3 aromatic rings. The van der Waals surface area contributed by atoms with Crippen LogP contribution in [0.25, 0.3) is 10.9 Å². The van der Waals surface area contributed by atoms with Crippen LogP contribution in [0.4, 0.5) is 5.69 Å². The van der Waals surface area contributed by atoms with Crippen molar-refractivity contribution in [2.45, 2.75) is 19.4 Å². The monoisotopic (exact) mass is 315 g/mol. The van der Waals surface area contributed by atoms with Crippen LogP contribution >= 0.6 is 12.4 Å². The number of nitrogens with zero attached hydrogens (tertiary/aromatic N) is 1. The zero-order chi connectivity index (χ0) is 14.2. The summed E-state index contributed by atoms with van der Waals surface area (Å²) < 4.78 is 2.12. The molecule has 3 heterocycles. The molecule has 0 atom stereocenters. The van der Waals surface area contributed by atoms with E-state index in [-0.39, 0.29) is 18.0 Å². The minimum absolute atomic E-state index is 0. The lowest BCUT2D eigenvalue weighted by molar-refractivity contribution is 0.806. The Labute approximate surface area is 134 Å². The summed E-state index contributed by atoms with van der Waals surface area (Å²) in [4.78, 5) is 15.2. The van der Waals surface area contributed by atoms with Gasteiger partial charge in [0.25, 0.3) is 5.56 Å². The molecule has 0 aliphatic carbocycles. The number of hydrogen-bond donors (Lipinski definition) is 2. The van der Waals surface area contributed by atoms with Gasteiger partial charge in [-0.3, -0.25) is 4.79 Å². The lowest BCUT2D eigenvalue weighted by Crippen LogP contribution is -2.22. The Morgan fingerprint density at radius 2 is 2.00 bits per heavy atom. The third-order valence-corrected chi connectivity index (χ3v) is 4.11. The second-order valence-corrected chi connectivity index (χ2v) is 5.57. The molecule has 2 N–H and O–H groups in total. The lowest BCUT2D eigenvalue weighted by Gasteiger charge is -2.19. The molecule has 0 amide bonds. The number of anilines is 1. The van der Waals surface area contributed by atoms with E-state index in [9.17, 15) is 4.79 Å². The van der Waals surface area contributed by atoms with E-state index in [1.807, 2.05) is 24.5 Å². The first kappa shape index (κ1) is 14.7. The quantitative estimate of drug-likeness (QED) is 0.763. The Bertz CT molecular complexity index is 852. The number of pyridine rings is 1. The van der Waals surface area contributed by atoms with E-state index < -0.39 is 0 Å². The number of halogens is 1. The number of hydrogen-bond acceptors (Lipinski definition) is 2. The maximum Gasteiger partial charge on any atom is 0.253 e. The smallest absolute Gasteiger partial charge is 0.253 e. The van der Waals surface area contributed by atoms with Gasteiger partial charge in [0.1, 0.15) is 0 Å². The van der Waals surface area contributed by atoms with E-state index in [0.717, 1.165) is 48.1 Å². The summed E-state index contributed by atoms with van der Waals surface area (Å²) in [6.45, 7) is 1.76. The van der Waals surface area contributed by atoms with Gasteiger partial charge in [0.2, 0.25) is 0 Å². The summed E-state index contributed by atoms with van der Waals surface area (Å²) >= 11 is 0. The van der Waals surface area contributed by atoms with Crippen molar-refractivity contribution in [3.8, 4) is 0 Å². The van der Waals surface area contributed by atoms with E-state index in [2.05, 4.69) is 33.1 Å². The molecule has 1 aliphatic heterocycles. The van der Waals surface area contributed by atoms with Crippen LogP contribution in [0.15, 0.2) is 47.5 Å². The second-order valence-electron chi connectivity index (χ2n) is 5.57. The van der Waals surface area contributed by atoms with Crippen LogP contribution in [0, 0.1) is 0 Å². The summed E-state index contributed by atoms with van der Waals surface area (Å²) in [5.41, 5.74) is 4.06. The zero-order valence-electron chi connectivity index (χ0n) is 12.1. The van der Waals surface area contributed by atoms with Crippen LogP contribution in [-0.4, -0.2) is 16.1 Å². The van der Waals surface area contributed by atoms with Crippen molar-refractivity contribution in [2.75, 3.05) is 11.9 Å². The van der Waals surface area contributed by atoms with Gasteiger partial charge in [-0.1, -0.05) is 12.1 Å². The van der Waals surface area contributed by atoms with Crippen LogP contribution in [0.1, 0.15) is 17.5 Å². The van der Waals surface area contributed by atoms with Crippen molar-refractivity contribution in [1.82, 2.24) is 9.55 Å². The van der Waals surface area contributed by atoms with Gasteiger partial charge >= 0.3 is 0 Å². The van der Waals surface area contributed by atoms with Crippen molar-refractivity contribution >= 4 is 29.0 Å². The largest absolute Gasteiger partial charge is 0.384 e. The van der Waals surface area contributed by atoms with Gasteiger partial charge in [0.15, 0.2) is 0 Å². The van der Waals surface area contributed by atoms with Gasteiger partial charge in [-0.2, -0.15) is 0 Å². The Morgan fingerprint density at radius 3 is 2.82 bits per heavy atom. The van der Waals surface area contributed by atoms with Gasteiger partial charge in [-0.25, -0.2) is 0 Å². The molecule has 22 heavy (non-hydrogen) atoms. The normalized spacial score (nSPS) is 13.3. The van der Waals surface area contributed by atoms with Crippen LogP contribution in [-0.2, 0) is 13.0 Å². The molecule has 4 rings (SSSR count). The molecule has 0 radical (unpaired) electrons. The molecule has 0 saturated heterocycles. The highest BCUT2D eigenvalue weighted by atomic mass is 35.5. The number of nitrogens with one attached hydrogen (secondary N) is 2. The molecule has 1 aliphatic rings. The number of aromatic nitrogens is 2. The SMILES string of the molecule is Cl.O=c1[nH]c2cc(Cn3cccc3)ccc2c2c1CCCN2. The molecular weight excluding hydrogens is 298 g/mol. The van der Waals surface area contributed by atoms with Crippen molar-refractivity contribution in [3.05, 3.63) is 64.2 Å². The van der Waals surface area contributed by atoms with Crippen molar-refractivity contribution in [3.63, 3.8) is 0 Å². The van der Waals surface area contributed by atoms with Crippen LogP contribution < -0.4 is 10.9 Å². The van der Waals surface area contributed by atoms with E-state index in [1.54, 1.807) is 0 Å². The van der Waals surface area contributed by atoms with E-state index in [4.69, 9.17) is 0 Å². The molecule has 0 saturated carbocycles. The predicted octanol–water partition coefficient (Wildman–Crippen LogP) is 3.16. The molecule has 5 heteroatoms. The van der Waals surface area contributed by atoms with Crippen molar-refractivity contribution in [1.29, 1.82) is 0 Å². The van der Waals surface area contributed by atoms with E-state index >= 15 is 0 Å². The van der Waals surface area contributed by atoms with Gasteiger partial charge in [0, 0.05) is 36.4 Å². The molecule has 2 aromatic heterocycles. The highest BCUT2D eigenvalue weighted by molar-refractivity contribution is 5.93. The molecule has 0 spiro atoms. The Balaban J connectivity index is 0.00000144. The third kappa shape index (κ3) is 2.50. The number of aromatic amines is 1. The standard InChI is InChI=1S/C17H17N3O.ClH/c21-17-14-4-3-7-18-16(14)13-6-5-12(10-15(13)19-17)11-20-8-1-2-9-20;/h1-2,5-6,8-10,18H,3-4,7,11H2,(H,19,21);1H. The summed E-state index contributed by atoms with van der Waals surface area (Å²) in [5.74, 6) is 0. The number of benzene rings is 1. The summed E-state index contributed by atoms with van der Waals surface area (Å²) in [6.07, 6.45) is 5.97. The maximum atomic E-state index is 12.2. The zero-order valence-corrected chi connectivity index (χ0v) is 13.0. The minimum Gasteiger partial charge on any atom is -0.384 e. The second kappa shape index (κ2) is 5.89. The fraction of sp³-hybridized carbons (Fsp3) is 0.235. The third-order valence-electron chi connectivity index (χ3n) is 4.11. The average molecular weight is 316 g/mol. The van der Waals surface area contributed by atoms with Crippen LogP contribution in [0.5, 0.6) is 0 Å². The Kier molecular flexibility index (Phi) is 3.94. The Morgan fingerprint density at radius 1 is 1.18 bits per heavy atom. The van der Waals surface area contributed by atoms with Gasteiger partial charge < -0.3 is 14.9 Å². The van der Waals surface area contributed by atoms with Crippen molar-refractivity contribution in [2.24, 2.45) is 0 Å². The topological polar surface area (TPSA) is 49.8 Å². The highest BCUT2D eigenvalue weighted by Crippen LogP contribution is 2.27. The first-order chi connectivity index (χ1) is 10.3.